The molecule has 0 aliphatic heterocycles. The molecule has 2 N–H and O–H groups in total. The van der Waals surface area contributed by atoms with Crippen LogP contribution in [0.3, 0.4) is 0 Å². The molecule has 23 heavy (non-hydrogen) atoms. The highest BCUT2D eigenvalue weighted by Crippen LogP contribution is 2.66. The van der Waals surface area contributed by atoms with Crippen LogP contribution in [0.2, 0.25) is 0 Å². The number of allylic oxidation sites excluding steroid dienone is 2. The Labute approximate surface area is 139 Å². The van der Waals surface area contributed by atoms with Gasteiger partial charge in [0.2, 0.25) is 0 Å². The molecule has 0 radical (unpaired) electrons. The monoisotopic (exact) mass is 312 g/mol. The molecule has 2 heteroatoms. The van der Waals surface area contributed by atoms with Gasteiger partial charge in [-0.2, -0.15) is 0 Å². The summed E-state index contributed by atoms with van der Waals surface area (Å²) in [5, 5.41) is 20.9. The molecule has 4 aliphatic carbocycles. The van der Waals surface area contributed by atoms with Crippen LogP contribution in [0.25, 0.3) is 0 Å². The largest absolute Gasteiger partial charge is 0.385 e. The van der Waals surface area contributed by atoms with E-state index in [0.29, 0.717) is 17.8 Å². The fourth-order valence-electron chi connectivity index (χ4n) is 6.57. The molecule has 124 valence electrons. The number of hydrogen-bond donors (Lipinski definition) is 2. The van der Waals surface area contributed by atoms with E-state index in [-0.39, 0.29) is 10.8 Å². The molecular weight excluding hydrogens is 284 g/mol. The van der Waals surface area contributed by atoms with Crippen molar-refractivity contribution in [3.05, 3.63) is 23.8 Å². The van der Waals surface area contributed by atoms with Gasteiger partial charge < -0.3 is 10.2 Å². The third kappa shape index (κ3) is 1.84. The molecule has 2 nitrogen and oxygen atoms in total. The zero-order chi connectivity index (χ0) is 16.5. The van der Waals surface area contributed by atoms with Gasteiger partial charge in [0, 0.05) is 10.8 Å². The first-order valence-electron chi connectivity index (χ1n) is 9.13. The van der Waals surface area contributed by atoms with Gasteiger partial charge in [-0.3, -0.25) is 0 Å². The fourth-order valence-corrected chi connectivity index (χ4v) is 6.57. The van der Waals surface area contributed by atoms with Crippen LogP contribution in [-0.4, -0.2) is 21.9 Å². The molecule has 0 bridgehead atoms. The van der Waals surface area contributed by atoms with Gasteiger partial charge in [-0.25, -0.2) is 0 Å². The van der Waals surface area contributed by atoms with E-state index >= 15 is 0 Å². The van der Waals surface area contributed by atoms with Crippen molar-refractivity contribution in [1.82, 2.24) is 0 Å². The lowest BCUT2D eigenvalue weighted by molar-refractivity contribution is -0.0917. The van der Waals surface area contributed by atoms with Gasteiger partial charge in [0.15, 0.2) is 0 Å². The third-order valence-electron chi connectivity index (χ3n) is 8.05. The maximum absolute atomic E-state index is 11.0. The van der Waals surface area contributed by atoms with Crippen LogP contribution in [0, 0.1) is 40.9 Å². The first-order valence-corrected chi connectivity index (χ1v) is 9.13. The van der Waals surface area contributed by atoms with E-state index in [1.807, 2.05) is 6.08 Å². The smallest absolute Gasteiger partial charge is 0.130 e. The Morgan fingerprint density at radius 1 is 1.17 bits per heavy atom. The predicted molar refractivity (Wildman–Crippen MR) is 91.4 cm³/mol. The second-order valence-corrected chi connectivity index (χ2v) is 8.74. The number of aliphatic hydroxyl groups excluding tert-OH is 1. The van der Waals surface area contributed by atoms with E-state index < -0.39 is 11.7 Å². The quantitative estimate of drug-likeness (QED) is 0.531. The Morgan fingerprint density at radius 3 is 2.65 bits per heavy atom. The summed E-state index contributed by atoms with van der Waals surface area (Å²) in [4.78, 5) is 0. The summed E-state index contributed by atoms with van der Waals surface area (Å²) < 4.78 is 0. The molecule has 0 aromatic heterocycles. The van der Waals surface area contributed by atoms with Crippen molar-refractivity contribution in [1.29, 1.82) is 0 Å². The minimum absolute atomic E-state index is 0.0837. The molecule has 4 rings (SSSR count). The highest BCUT2D eigenvalue weighted by atomic mass is 16.3. The van der Waals surface area contributed by atoms with Crippen LogP contribution < -0.4 is 0 Å². The molecule has 0 spiro atoms. The minimum Gasteiger partial charge on any atom is -0.385 e. The topological polar surface area (TPSA) is 40.5 Å². The van der Waals surface area contributed by atoms with Crippen LogP contribution in [0.15, 0.2) is 23.8 Å². The maximum atomic E-state index is 11.0. The van der Waals surface area contributed by atoms with Gasteiger partial charge in [0.05, 0.1) is 6.10 Å². The zero-order valence-corrected chi connectivity index (χ0v) is 14.3. The van der Waals surface area contributed by atoms with Crippen molar-refractivity contribution in [3.63, 3.8) is 0 Å². The normalized spacial score (nSPS) is 54.5. The average Bonchev–Trinajstić information content (AvgIpc) is 2.80. The summed E-state index contributed by atoms with van der Waals surface area (Å²) in [6.07, 6.45) is 17.8. The van der Waals surface area contributed by atoms with Crippen LogP contribution in [0.1, 0.15) is 52.4 Å². The van der Waals surface area contributed by atoms with Crippen molar-refractivity contribution in [2.45, 2.75) is 64.1 Å². The van der Waals surface area contributed by atoms with Gasteiger partial charge in [-0.05, 0) is 56.3 Å². The van der Waals surface area contributed by atoms with E-state index in [4.69, 9.17) is 6.42 Å². The molecule has 7 atom stereocenters. The van der Waals surface area contributed by atoms with E-state index in [1.54, 1.807) is 0 Å². The second-order valence-electron chi connectivity index (χ2n) is 8.74. The minimum atomic E-state index is -0.918. The molecule has 3 saturated carbocycles. The summed E-state index contributed by atoms with van der Waals surface area (Å²) in [6, 6.07) is 0. The van der Waals surface area contributed by atoms with Crippen LogP contribution in [0.4, 0.5) is 0 Å². The highest BCUT2D eigenvalue weighted by molar-refractivity contribution is 5.34. The molecule has 0 saturated heterocycles. The van der Waals surface area contributed by atoms with Crippen molar-refractivity contribution in [2.75, 3.05) is 0 Å². The Bertz CT molecular complexity index is 626. The first kappa shape index (κ1) is 15.5. The second kappa shape index (κ2) is 4.74. The standard InChI is InChI=1S/C21H28O2/c1-4-21(23)12-9-18-16-6-5-14-13-15(22)7-10-19(14,2)17(16)8-11-20(18,21)3/h1,7,10,13,15-18,22-23H,5-6,8-9,11-12H2,2-3H3/t15-,16+,17+,18+,19+,20+,21+/m1/s1. The molecule has 3 fully saturated rings. The Hall–Kier alpha value is -1.04. The first-order chi connectivity index (χ1) is 10.8. The SMILES string of the molecule is C#C[C@]1(O)CC[C@H]2[C@H]3CCC4=C[C@H](O)C=C[C@]4(C)[C@H]3CC[C@@]21C. The number of hydrogen-bond acceptors (Lipinski definition) is 2. The highest BCUT2D eigenvalue weighted by Gasteiger charge is 2.63. The van der Waals surface area contributed by atoms with Gasteiger partial charge in [0.1, 0.15) is 5.60 Å². The Balaban J connectivity index is 1.70. The van der Waals surface area contributed by atoms with E-state index in [9.17, 15) is 10.2 Å². The van der Waals surface area contributed by atoms with Crippen LogP contribution >= 0.6 is 0 Å². The van der Waals surface area contributed by atoms with Crippen molar-refractivity contribution >= 4 is 0 Å². The molecule has 0 aromatic carbocycles. The van der Waals surface area contributed by atoms with E-state index in [2.05, 4.69) is 31.9 Å². The van der Waals surface area contributed by atoms with E-state index in [1.165, 1.54) is 12.0 Å². The lowest BCUT2D eigenvalue weighted by Gasteiger charge is -2.57. The summed E-state index contributed by atoms with van der Waals surface area (Å²) in [5.41, 5.74) is 0.458. The maximum Gasteiger partial charge on any atom is 0.130 e. The van der Waals surface area contributed by atoms with Crippen molar-refractivity contribution in [2.24, 2.45) is 28.6 Å². The fraction of sp³-hybridized carbons (Fsp3) is 0.714. The number of aliphatic hydroxyl groups is 2. The van der Waals surface area contributed by atoms with Gasteiger partial charge in [-0.1, -0.05) is 43.6 Å². The molecule has 0 unspecified atom stereocenters. The number of terminal acetylenes is 1. The molecule has 0 amide bonds. The van der Waals surface area contributed by atoms with Crippen molar-refractivity contribution < 1.29 is 10.2 Å². The average molecular weight is 312 g/mol. The summed E-state index contributed by atoms with van der Waals surface area (Å²) in [7, 11) is 0. The Morgan fingerprint density at radius 2 is 1.91 bits per heavy atom. The van der Waals surface area contributed by atoms with E-state index in [0.717, 1.165) is 32.1 Å². The Kier molecular flexibility index (Phi) is 3.19. The molecule has 4 aliphatic rings. The van der Waals surface area contributed by atoms with Crippen LogP contribution in [-0.2, 0) is 0 Å². The van der Waals surface area contributed by atoms with Gasteiger partial charge >= 0.3 is 0 Å². The van der Waals surface area contributed by atoms with Crippen LogP contribution in [0.5, 0.6) is 0 Å². The van der Waals surface area contributed by atoms with Gasteiger partial charge in [0.25, 0.3) is 0 Å². The zero-order valence-electron chi connectivity index (χ0n) is 14.3. The molecule has 0 heterocycles. The lowest BCUT2D eigenvalue weighted by Crippen LogP contribution is -2.54. The summed E-state index contributed by atoms with van der Waals surface area (Å²) in [6.45, 7) is 4.58. The number of rotatable bonds is 0. The van der Waals surface area contributed by atoms with Gasteiger partial charge in [-0.15, -0.1) is 6.42 Å². The van der Waals surface area contributed by atoms with Crippen molar-refractivity contribution in [3.8, 4) is 12.3 Å². The molecule has 0 aromatic rings. The third-order valence-corrected chi connectivity index (χ3v) is 8.05. The molecular formula is C21H28O2. The predicted octanol–water partition coefficient (Wildman–Crippen LogP) is 3.45. The summed E-state index contributed by atoms with van der Waals surface area (Å²) >= 11 is 0. The summed E-state index contributed by atoms with van der Waals surface area (Å²) in [5.74, 6) is 4.53. The number of fused-ring (bicyclic) bond motifs is 5. The lowest BCUT2D eigenvalue weighted by atomic mass is 9.47.